The highest BCUT2D eigenvalue weighted by molar-refractivity contribution is 5.74. The average Bonchev–Trinajstić information content (AvgIpc) is 2.29. The lowest BCUT2D eigenvalue weighted by atomic mass is 10.1. The molecule has 0 saturated carbocycles. The van der Waals surface area contributed by atoms with Crippen LogP contribution in [0.3, 0.4) is 0 Å². The highest BCUT2D eigenvalue weighted by Gasteiger charge is 1.94. The minimum atomic E-state index is -0.461. The molecule has 16 heavy (non-hydrogen) atoms. The monoisotopic (exact) mass is 222 g/mol. The Labute approximate surface area is 95.7 Å². The van der Waals surface area contributed by atoms with E-state index in [4.69, 9.17) is 10.6 Å². The first kappa shape index (κ1) is 12.7. The molecule has 1 aromatic carbocycles. The molecule has 0 aromatic heterocycles. The van der Waals surface area contributed by atoms with Gasteiger partial charge in [-0.05, 0) is 24.8 Å². The number of carbonyl (C=O) groups excluding carboxylic acids is 1. The normalized spacial score (nSPS) is 10.2. The zero-order valence-corrected chi connectivity index (χ0v) is 9.32. The molecule has 1 amide bonds. The number of hydrogen-bond acceptors (Lipinski definition) is 3. The molecule has 0 radical (unpaired) electrons. The summed E-state index contributed by atoms with van der Waals surface area (Å²) in [4.78, 5) is 15.2. The summed E-state index contributed by atoms with van der Waals surface area (Å²) >= 11 is 0. The second kappa shape index (κ2) is 7.84. The van der Waals surface area contributed by atoms with Crippen molar-refractivity contribution in [3.8, 4) is 0 Å². The van der Waals surface area contributed by atoms with Crippen LogP contribution in [-0.2, 0) is 16.1 Å². The first-order valence-corrected chi connectivity index (χ1v) is 5.46. The lowest BCUT2D eigenvalue weighted by Gasteiger charge is -2.04. The van der Waals surface area contributed by atoms with Gasteiger partial charge in [0.05, 0.1) is 0 Å². The van der Waals surface area contributed by atoms with Crippen LogP contribution in [0.5, 0.6) is 0 Å². The first-order chi connectivity index (χ1) is 7.79. The zero-order valence-electron chi connectivity index (χ0n) is 9.32. The Morgan fingerprint density at radius 2 is 2.00 bits per heavy atom. The number of amides is 1. The SMILES string of the molecule is NC(=O)CONCCCCc1ccccc1. The molecule has 0 bridgehead atoms. The summed E-state index contributed by atoms with van der Waals surface area (Å²) in [7, 11) is 0. The minimum absolute atomic E-state index is 0.0707. The van der Waals surface area contributed by atoms with E-state index in [1.165, 1.54) is 5.56 Å². The van der Waals surface area contributed by atoms with E-state index >= 15 is 0 Å². The average molecular weight is 222 g/mol. The van der Waals surface area contributed by atoms with Crippen molar-refractivity contribution in [2.45, 2.75) is 19.3 Å². The van der Waals surface area contributed by atoms with Crippen molar-refractivity contribution in [3.05, 3.63) is 35.9 Å². The summed E-state index contributed by atoms with van der Waals surface area (Å²) in [5, 5.41) is 0. The van der Waals surface area contributed by atoms with E-state index in [1.807, 2.05) is 18.2 Å². The van der Waals surface area contributed by atoms with Crippen molar-refractivity contribution in [1.29, 1.82) is 0 Å². The summed E-state index contributed by atoms with van der Waals surface area (Å²) in [5.74, 6) is -0.461. The third-order valence-electron chi connectivity index (χ3n) is 2.15. The summed E-state index contributed by atoms with van der Waals surface area (Å²) in [6.07, 6.45) is 3.17. The van der Waals surface area contributed by atoms with Gasteiger partial charge in [-0.25, -0.2) is 5.48 Å². The molecule has 4 heteroatoms. The highest BCUT2D eigenvalue weighted by Crippen LogP contribution is 2.03. The van der Waals surface area contributed by atoms with Gasteiger partial charge in [-0.1, -0.05) is 30.3 Å². The maximum absolute atomic E-state index is 10.3. The number of benzene rings is 1. The molecule has 0 aliphatic carbocycles. The molecule has 0 aliphatic heterocycles. The maximum atomic E-state index is 10.3. The maximum Gasteiger partial charge on any atom is 0.245 e. The first-order valence-electron chi connectivity index (χ1n) is 5.46. The largest absolute Gasteiger partial charge is 0.368 e. The molecule has 1 rings (SSSR count). The Morgan fingerprint density at radius 3 is 2.69 bits per heavy atom. The molecule has 3 N–H and O–H groups in total. The van der Waals surface area contributed by atoms with Gasteiger partial charge in [0.1, 0.15) is 6.61 Å². The Balaban J connectivity index is 1.94. The van der Waals surface area contributed by atoms with Crippen molar-refractivity contribution >= 4 is 5.91 Å². The Morgan fingerprint density at radius 1 is 1.25 bits per heavy atom. The summed E-state index contributed by atoms with van der Waals surface area (Å²) < 4.78 is 0. The lowest BCUT2D eigenvalue weighted by molar-refractivity contribution is -0.125. The number of hydroxylamine groups is 1. The van der Waals surface area contributed by atoms with Crippen LogP contribution in [0, 0.1) is 0 Å². The second-order valence-corrected chi connectivity index (χ2v) is 3.59. The molecule has 0 fully saturated rings. The Bertz CT molecular complexity index is 301. The van der Waals surface area contributed by atoms with Gasteiger partial charge in [-0.3, -0.25) is 9.63 Å². The van der Waals surface area contributed by atoms with E-state index in [0.29, 0.717) is 0 Å². The van der Waals surface area contributed by atoms with Crippen molar-refractivity contribution in [1.82, 2.24) is 5.48 Å². The van der Waals surface area contributed by atoms with E-state index in [-0.39, 0.29) is 6.61 Å². The number of aryl methyl sites for hydroxylation is 1. The summed E-state index contributed by atoms with van der Waals surface area (Å²) in [5.41, 5.74) is 8.96. The fourth-order valence-electron chi connectivity index (χ4n) is 1.37. The molecule has 0 aliphatic rings. The van der Waals surface area contributed by atoms with E-state index in [9.17, 15) is 4.79 Å². The highest BCUT2D eigenvalue weighted by atomic mass is 16.6. The van der Waals surface area contributed by atoms with E-state index in [0.717, 1.165) is 25.8 Å². The predicted octanol–water partition coefficient (Wildman–Crippen LogP) is 1.02. The van der Waals surface area contributed by atoms with Crippen molar-refractivity contribution in [2.75, 3.05) is 13.2 Å². The fourth-order valence-corrected chi connectivity index (χ4v) is 1.37. The van der Waals surface area contributed by atoms with Gasteiger partial charge in [0.2, 0.25) is 5.91 Å². The molecule has 0 unspecified atom stereocenters. The van der Waals surface area contributed by atoms with Crippen molar-refractivity contribution < 1.29 is 9.63 Å². The van der Waals surface area contributed by atoms with Gasteiger partial charge >= 0.3 is 0 Å². The predicted molar refractivity (Wildman–Crippen MR) is 62.5 cm³/mol. The Kier molecular flexibility index (Phi) is 6.22. The zero-order chi connectivity index (χ0) is 11.6. The smallest absolute Gasteiger partial charge is 0.245 e. The second-order valence-electron chi connectivity index (χ2n) is 3.59. The van der Waals surface area contributed by atoms with Crippen LogP contribution in [0.1, 0.15) is 18.4 Å². The summed E-state index contributed by atoms with van der Waals surface area (Å²) in [6, 6.07) is 10.4. The standard InChI is InChI=1S/C12H18N2O2/c13-12(15)10-16-14-9-5-4-8-11-6-2-1-3-7-11/h1-3,6-7,14H,4-5,8-10H2,(H2,13,15). The lowest BCUT2D eigenvalue weighted by Crippen LogP contribution is -2.25. The van der Waals surface area contributed by atoms with Crippen LogP contribution in [0.25, 0.3) is 0 Å². The minimum Gasteiger partial charge on any atom is -0.368 e. The van der Waals surface area contributed by atoms with Crippen molar-refractivity contribution in [2.24, 2.45) is 5.73 Å². The van der Waals surface area contributed by atoms with Crippen LogP contribution in [0.15, 0.2) is 30.3 Å². The topological polar surface area (TPSA) is 64.4 Å². The van der Waals surface area contributed by atoms with Crippen LogP contribution < -0.4 is 11.2 Å². The van der Waals surface area contributed by atoms with E-state index in [1.54, 1.807) is 0 Å². The van der Waals surface area contributed by atoms with Gasteiger partial charge in [0.25, 0.3) is 0 Å². The van der Waals surface area contributed by atoms with Gasteiger partial charge in [0, 0.05) is 6.54 Å². The van der Waals surface area contributed by atoms with E-state index < -0.39 is 5.91 Å². The molecular formula is C12H18N2O2. The molecular weight excluding hydrogens is 204 g/mol. The number of rotatable bonds is 8. The van der Waals surface area contributed by atoms with Gasteiger partial charge in [-0.15, -0.1) is 0 Å². The molecule has 88 valence electrons. The van der Waals surface area contributed by atoms with Gasteiger partial charge in [0.15, 0.2) is 0 Å². The number of carbonyl (C=O) groups is 1. The quantitative estimate of drug-likeness (QED) is 0.510. The van der Waals surface area contributed by atoms with E-state index in [2.05, 4.69) is 17.6 Å². The van der Waals surface area contributed by atoms with Gasteiger partial charge < -0.3 is 5.73 Å². The number of nitrogens with one attached hydrogen (secondary N) is 1. The van der Waals surface area contributed by atoms with Crippen LogP contribution in [-0.4, -0.2) is 19.1 Å². The third-order valence-corrected chi connectivity index (χ3v) is 2.15. The Hall–Kier alpha value is -1.39. The molecule has 0 atom stereocenters. The number of hydrogen-bond donors (Lipinski definition) is 2. The molecule has 1 aromatic rings. The molecule has 0 spiro atoms. The number of unbranched alkanes of at least 4 members (excludes halogenated alkanes) is 1. The molecule has 0 heterocycles. The van der Waals surface area contributed by atoms with Crippen LogP contribution in [0.2, 0.25) is 0 Å². The number of primary amides is 1. The van der Waals surface area contributed by atoms with Crippen LogP contribution >= 0.6 is 0 Å². The number of nitrogens with two attached hydrogens (primary N) is 1. The van der Waals surface area contributed by atoms with Gasteiger partial charge in [-0.2, -0.15) is 0 Å². The third kappa shape index (κ3) is 6.16. The molecule has 4 nitrogen and oxygen atoms in total. The van der Waals surface area contributed by atoms with Crippen molar-refractivity contribution in [3.63, 3.8) is 0 Å². The fraction of sp³-hybridized carbons (Fsp3) is 0.417. The van der Waals surface area contributed by atoms with Crippen LogP contribution in [0.4, 0.5) is 0 Å². The summed E-state index contributed by atoms with van der Waals surface area (Å²) in [6.45, 7) is 0.665. The molecule has 0 saturated heterocycles.